The fraction of sp³-hybridized carbons (Fsp3) is 0.304. The number of fused-ring (bicyclic) bond motifs is 1. The average molecular weight is 492 g/mol. The van der Waals surface area contributed by atoms with E-state index in [2.05, 4.69) is 30.8 Å². The zero-order valence-electron chi connectivity index (χ0n) is 19.7. The third-order valence-corrected chi connectivity index (χ3v) is 5.64. The van der Waals surface area contributed by atoms with Crippen LogP contribution in [0.15, 0.2) is 35.4 Å². The van der Waals surface area contributed by atoms with Gasteiger partial charge in [-0.3, -0.25) is 10.1 Å². The van der Waals surface area contributed by atoms with E-state index in [9.17, 15) is 10.1 Å². The van der Waals surface area contributed by atoms with Crippen molar-refractivity contribution in [3.63, 3.8) is 0 Å². The molecular weight excluding hydrogens is 468 g/mol. The van der Waals surface area contributed by atoms with Gasteiger partial charge >= 0.3 is 0 Å². The molecule has 0 radical (unpaired) electrons. The first-order valence-electron chi connectivity index (χ1n) is 11.3. The Labute approximate surface area is 206 Å². The maximum Gasteiger partial charge on any atom is 0.282 e. The zero-order chi connectivity index (χ0) is 25.1. The molecule has 3 heterocycles. The molecular formula is C23H24N8O5. The average Bonchev–Trinajstić information content (AvgIpc) is 3.34. The molecule has 1 saturated heterocycles. The van der Waals surface area contributed by atoms with Crippen molar-refractivity contribution in [2.45, 2.75) is 13.8 Å². The second kappa shape index (κ2) is 10.00. The van der Waals surface area contributed by atoms with E-state index < -0.39 is 4.92 Å². The Morgan fingerprint density at radius 2 is 1.81 bits per heavy atom. The molecule has 186 valence electrons. The first-order valence-corrected chi connectivity index (χ1v) is 11.3. The summed E-state index contributed by atoms with van der Waals surface area (Å²) in [6.45, 7) is 6.43. The molecule has 2 aliphatic heterocycles. The number of nitro groups is 1. The van der Waals surface area contributed by atoms with Crippen LogP contribution in [0.2, 0.25) is 0 Å². The molecule has 0 spiro atoms. The Bertz CT molecular complexity index is 1330. The van der Waals surface area contributed by atoms with E-state index in [1.54, 1.807) is 0 Å². The molecule has 2 aliphatic rings. The van der Waals surface area contributed by atoms with Gasteiger partial charge in [-0.15, -0.1) is 0 Å². The summed E-state index contributed by atoms with van der Waals surface area (Å²) < 4.78 is 16.0. The number of morpholine rings is 1. The SMILES string of the molecule is Cc1ccc(C)c(Nc2nc(N/N=C/c3cc4c(cc3[N+](=O)[O-])OCO4)nc(N3CCOCC3)n2)c1. The number of aromatic nitrogens is 3. The smallest absolute Gasteiger partial charge is 0.282 e. The van der Waals surface area contributed by atoms with E-state index in [4.69, 9.17) is 14.2 Å². The lowest BCUT2D eigenvalue weighted by Crippen LogP contribution is -2.37. The number of nitrogens with zero attached hydrogens (tertiary/aromatic N) is 6. The normalized spacial score (nSPS) is 14.8. The highest BCUT2D eigenvalue weighted by Crippen LogP contribution is 2.37. The Hall–Kier alpha value is -4.52. The molecule has 5 rings (SSSR count). The Kier molecular flexibility index (Phi) is 6.45. The minimum absolute atomic E-state index is 0.0106. The van der Waals surface area contributed by atoms with Crippen molar-refractivity contribution in [3.05, 3.63) is 57.1 Å². The topological polar surface area (TPSA) is 149 Å². The number of ether oxygens (including phenoxy) is 3. The maximum atomic E-state index is 11.5. The fourth-order valence-electron chi connectivity index (χ4n) is 3.73. The molecule has 0 bridgehead atoms. The van der Waals surface area contributed by atoms with Gasteiger partial charge in [-0.1, -0.05) is 12.1 Å². The highest BCUT2D eigenvalue weighted by molar-refractivity contribution is 5.87. The van der Waals surface area contributed by atoms with Crippen LogP contribution in [0.5, 0.6) is 11.5 Å². The van der Waals surface area contributed by atoms with Gasteiger partial charge in [0.05, 0.1) is 36.0 Å². The van der Waals surface area contributed by atoms with Crippen LogP contribution in [0, 0.1) is 24.0 Å². The number of aryl methyl sites for hydroxylation is 2. The first kappa shape index (κ1) is 23.2. The monoisotopic (exact) mass is 492 g/mol. The van der Waals surface area contributed by atoms with Crippen LogP contribution in [0.25, 0.3) is 0 Å². The third-order valence-electron chi connectivity index (χ3n) is 5.64. The van der Waals surface area contributed by atoms with E-state index in [0.717, 1.165) is 16.8 Å². The molecule has 0 aliphatic carbocycles. The van der Waals surface area contributed by atoms with Crippen LogP contribution in [-0.4, -0.2) is 59.2 Å². The van der Waals surface area contributed by atoms with Crippen molar-refractivity contribution in [1.82, 2.24) is 15.0 Å². The number of anilines is 4. The van der Waals surface area contributed by atoms with Gasteiger partial charge in [0, 0.05) is 18.8 Å². The Morgan fingerprint density at radius 1 is 1.06 bits per heavy atom. The van der Waals surface area contributed by atoms with Gasteiger partial charge in [0.2, 0.25) is 24.6 Å². The number of hydrazone groups is 1. The largest absolute Gasteiger partial charge is 0.454 e. The van der Waals surface area contributed by atoms with E-state index in [0.29, 0.717) is 49.7 Å². The van der Waals surface area contributed by atoms with Crippen molar-refractivity contribution in [1.29, 1.82) is 0 Å². The van der Waals surface area contributed by atoms with E-state index in [1.807, 2.05) is 36.9 Å². The standard InChI is InChI=1S/C23H24N8O5/c1-14-3-4-15(2)17(9-14)25-21-26-22(28-23(27-21)30-5-7-34-8-6-30)29-24-12-16-10-19-20(36-13-35-19)11-18(16)31(32)33/h3-4,9-12H,5-8,13H2,1-2H3,(H2,25,26,27,28,29)/b24-12+. The summed E-state index contributed by atoms with van der Waals surface area (Å²) in [6, 6.07) is 8.88. The van der Waals surface area contributed by atoms with Crippen molar-refractivity contribution < 1.29 is 19.1 Å². The lowest BCUT2D eigenvalue weighted by Gasteiger charge is -2.27. The summed E-state index contributed by atoms with van der Waals surface area (Å²) in [5.74, 6) is 1.72. The number of nitro benzene ring substituents is 1. The molecule has 36 heavy (non-hydrogen) atoms. The molecule has 2 aromatic carbocycles. The predicted octanol–water partition coefficient (Wildman–Crippen LogP) is 3.15. The molecule has 0 amide bonds. The fourth-order valence-corrected chi connectivity index (χ4v) is 3.73. The van der Waals surface area contributed by atoms with Crippen molar-refractivity contribution in [2.75, 3.05) is 48.7 Å². The van der Waals surface area contributed by atoms with Crippen LogP contribution in [0.1, 0.15) is 16.7 Å². The van der Waals surface area contributed by atoms with Gasteiger partial charge in [-0.2, -0.15) is 20.1 Å². The number of hydrogen-bond acceptors (Lipinski definition) is 12. The zero-order valence-corrected chi connectivity index (χ0v) is 19.7. The van der Waals surface area contributed by atoms with Gasteiger partial charge in [0.15, 0.2) is 11.5 Å². The lowest BCUT2D eigenvalue weighted by molar-refractivity contribution is -0.385. The van der Waals surface area contributed by atoms with Crippen molar-refractivity contribution >= 4 is 35.4 Å². The maximum absolute atomic E-state index is 11.5. The van der Waals surface area contributed by atoms with Crippen molar-refractivity contribution in [2.24, 2.45) is 5.10 Å². The number of rotatable bonds is 7. The molecule has 13 nitrogen and oxygen atoms in total. The molecule has 1 aromatic heterocycles. The number of nitrogens with one attached hydrogen (secondary N) is 2. The molecule has 13 heteroatoms. The summed E-state index contributed by atoms with van der Waals surface area (Å²) >= 11 is 0. The minimum atomic E-state index is -0.505. The van der Waals surface area contributed by atoms with E-state index >= 15 is 0 Å². The molecule has 3 aromatic rings. The number of hydrogen-bond donors (Lipinski definition) is 2. The Morgan fingerprint density at radius 3 is 2.58 bits per heavy atom. The minimum Gasteiger partial charge on any atom is -0.454 e. The van der Waals surface area contributed by atoms with Crippen LogP contribution >= 0.6 is 0 Å². The van der Waals surface area contributed by atoms with E-state index in [1.165, 1.54) is 18.3 Å². The summed E-state index contributed by atoms with van der Waals surface area (Å²) in [4.78, 5) is 26.5. The lowest BCUT2D eigenvalue weighted by atomic mass is 10.1. The van der Waals surface area contributed by atoms with Gasteiger partial charge in [-0.25, -0.2) is 5.43 Å². The highest BCUT2D eigenvalue weighted by atomic mass is 16.7. The van der Waals surface area contributed by atoms with Crippen LogP contribution in [0.4, 0.5) is 29.2 Å². The summed E-state index contributed by atoms with van der Waals surface area (Å²) in [6.07, 6.45) is 1.32. The molecule has 1 fully saturated rings. The Balaban J connectivity index is 1.43. The first-order chi connectivity index (χ1) is 17.5. The third kappa shape index (κ3) is 5.10. The predicted molar refractivity (Wildman–Crippen MR) is 132 cm³/mol. The quantitative estimate of drug-likeness (QED) is 0.284. The van der Waals surface area contributed by atoms with Crippen LogP contribution in [-0.2, 0) is 4.74 Å². The summed E-state index contributed by atoms with van der Waals surface area (Å²) in [7, 11) is 0. The number of benzene rings is 2. The summed E-state index contributed by atoms with van der Waals surface area (Å²) in [5, 5.41) is 18.9. The molecule has 0 saturated carbocycles. The molecule has 2 N–H and O–H groups in total. The van der Waals surface area contributed by atoms with Gasteiger partial charge in [0.1, 0.15) is 0 Å². The van der Waals surface area contributed by atoms with Crippen LogP contribution in [0.3, 0.4) is 0 Å². The molecule has 0 unspecified atom stereocenters. The summed E-state index contributed by atoms with van der Waals surface area (Å²) in [5.41, 5.74) is 5.87. The van der Waals surface area contributed by atoms with Crippen molar-refractivity contribution in [3.8, 4) is 11.5 Å². The van der Waals surface area contributed by atoms with Gasteiger partial charge < -0.3 is 24.4 Å². The second-order valence-corrected chi connectivity index (χ2v) is 8.22. The van der Waals surface area contributed by atoms with E-state index in [-0.39, 0.29) is 24.0 Å². The highest BCUT2D eigenvalue weighted by Gasteiger charge is 2.23. The van der Waals surface area contributed by atoms with Gasteiger partial charge in [-0.05, 0) is 37.1 Å². The molecule has 0 atom stereocenters. The van der Waals surface area contributed by atoms with Crippen LogP contribution < -0.4 is 25.1 Å². The van der Waals surface area contributed by atoms with Gasteiger partial charge in [0.25, 0.3) is 5.69 Å². The second-order valence-electron chi connectivity index (χ2n) is 8.22.